The van der Waals surface area contributed by atoms with Crippen molar-refractivity contribution < 1.29 is 14.3 Å². The molecule has 0 amide bonds. The lowest BCUT2D eigenvalue weighted by atomic mass is 10.1. The highest BCUT2D eigenvalue weighted by Crippen LogP contribution is 2.21. The first-order valence-corrected chi connectivity index (χ1v) is 10.5. The average molecular weight is 420 g/mol. The zero-order chi connectivity index (χ0) is 22.5. The molecular weight excluding hydrogens is 390 g/mol. The van der Waals surface area contributed by atoms with Gasteiger partial charge in [-0.25, -0.2) is 9.67 Å². The van der Waals surface area contributed by atoms with Crippen LogP contribution in [0, 0.1) is 19.8 Å². The minimum Gasteiger partial charge on any atom is -0.497 e. The lowest BCUT2D eigenvalue weighted by Gasteiger charge is -2.07. The highest BCUT2D eigenvalue weighted by molar-refractivity contribution is 5.95. The number of aromatic nitrogens is 3. The van der Waals surface area contributed by atoms with Crippen molar-refractivity contribution in [3.05, 3.63) is 65.0 Å². The Hall–Kier alpha value is -3.28. The largest absolute Gasteiger partial charge is 0.497 e. The summed E-state index contributed by atoms with van der Waals surface area (Å²) in [7, 11) is 1.62. The van der Waals surface area contributed by atoms with Gasteiger partial charge in [0.1, 0.15) is 12.3 Å². The topological polar surface area (TPSA) is 74.1 Å². The van der Waals surface area contributed by atoms with E-state index in [1.807, 2.05) is 70.2 Å². The summed E-state index contributed by atoms with van der Waals surface area (Å²) in [4.78, 5) is 29.9. The summed E-state index contributed by atoms with van der Waals surface area (Å²) in [6.07, 6.45) is 0.948. The first-order valence-electron chi connectivity index (χ1n) is 10.5. The standard InChI is InChI=1S/C25H29N3O3/c1-16(2)23(30)25-26-24(20-11-9-17(3)18(4)13-20)27-28(25)15-21(29)12-10-19-7-6-8-22(14-19)31-5/h6-9,11,13-14,16H,10,12,15H2,1-5H3. The Morgan fingerprint density at radius 1 is 1.06 bits per heavy atom. The summed E-state index contributed by atoms with van der Waals surface area (Å²) in [6, 6.07) is 13.6. The van der Waals surface area contributed by atoms with Crippen LogP contribution in [-0.2, 0) is 17.8 Å². The van der Waals surface area contributed by atoms with Crippen LogP contribution in [0.2, 0.25) is 0 Å². The molecule has 0 aliphatic carbocycles. The molecule has 1 heterocycles. The van der Waals surface area contributed by atoms with Crippen LogP contribution in [0.5, 0.6) is 5.75 Å². The van der Waals surface area contributed by atoms with E-state index in [4.69, 9.17) is 4.74 Å². The molecule has 0 N–H and O–H groups in total. The van der Waals surface area contributed by atoms with E-state index >= 15 is 0 Å². The molecule has 0 unspecified atom stereocenters. The Morgan fingerprint density at radius 2 is 1.84 bits per heavy atom. The van der Waals surface area contributed by atoms with E-state index in [0.717, 1.165) is 22.4 Å². The molecule has 162 valence electrons. The predicted molar refractivity (Wildman–Crippen MR) is 120 cm³/mol. The third-order valence-corrected chi connectivity index (χ3v) is 5.33. The van der Waals surface area contributed by atoms with Gasteiger partial charge in [0.15, 0.2) is 17.4 Å². The van der Waals surface area contributed by atoms with Crippen LogP contribution in [0.3, 0.4) is 0 Å². The summed E-state index contributed by atoms with van der Waals surface area (Å²) in [6.45, 7) is 7.73. The maximum Gasteiger partial charge on any atom is 0.202 e. The molecule has 0 fully saturated rings. The van der Waals surface area contributed by atoms with Crippen molar-refractivity contribution in [2.24, 2.45) is 5.92 Å². The van der Waals surface area contributed by atoms with Crippen molar-refractivity contribution >= 4 is 11.6 Å². The first-order chi connectivity index (χ1) is 14.8. The predicted octanol–water partition coefficient (Wildman–Crippen LogP) is 4.61. The highest BCUT2D eigenvalue weighted by atomic mass is 16.5. The van der Waals surface area contributed by atoms with E-state index in [9.17, 15) is 9.59 Å². The first kappa shape index (κ1) is 22.4. The molecule has 0 saturated carbocycles. The molecular formula is C25H29N3O3. The number of benzene rings is 2. The van der Waals surface area contributed by atoms with E-state index in [1.165, 1.54) is 10.2 Å². The Balaban J connectivity index is 1.81. The molecule has 31 heavy (non-hydrogen) atoms. The molecule has 6 nitrogen and oxygen atoms in total. The van der Waals surface area contributed by atoms with Crippen molar-refractivity contribution in [2.45, 2.75) is 47.1 Å². The number of hydrogen-bond acceptors (Lipinski definition) is 5. The Morgan fingerprint density at radius 3 is 2.52 bits per heavy atom. The van der Waals surface area contributed by atoms with Gasteiger partial charge in [0, 0.05) is 17.9 Å². The maximum atomic E-state index is 12.7. The second-order valence-electron chi connectivity index (χ2n) is 8.12. The van der Waals surface area contributed by atoms with Crippen LogP contribution in [0.1, 0.15) is 47.6 Å². The van der Waals surface area contributed by atoms with Gasteiger partial charge in [0.2, 0.25) is 5.78 Å². The van der Waals surface area contributed by atoms with Gasteiger partial charge in [-0.3, -0.25) is 9.59 Å². The Labute approximate surface area is 183 Å². The fourth-order valence-electron chi connectivity index (χ4n) is 3.25. The summed E-state index contributed by atoms with van der Waals surface area (Å²) < 4.78 is 6.70. The van der Waals surface area contributed by atoms with Crippen molar-refractivity contribution in [1.29, 1.82) is 0 Å². The smallest absolute Gasteiger partial charge is 0.202 e. The van der Waals surface area contributed by atoms with Crippen LogP contribution in [0.15, 0.2) is 42.5 Å². The van der Waals surface area contributed by atoms with Gasteiger partial charge >= 0.3 is 0 Å². The minimum absolute atomic E-state index is 0.00263. The van der Waals surface area contributed by atoms with Gasteiger partial charge in [-0.2, -0.15) is 0 Å². The number of carbonyl (C=O) groups excluding carboxylic acids is 2. The number of nitrogens with zero attached hydrogens (tertiary/aromatic N) is 3. The summed E-state index contributed by atoms with van der Waals surface area (Å²) in [5.74, 6) is 1.11. The fraction of sp³-hybridized carbons (Fsp3) is 0.360. The molecule has 0 saturated heterocycles. The van der Waals surface area contributed by atoms with Gasteiger partial charge in [0.25, 0.3) is 0 Å². The third-order valence-electron chi connectivity index (χ3n) is 5.33. The van der Waals surface area contributed by atoms with Gasteiger partial charge in [-0.15, -0.1) is 5.10 Å². The molecule has 1 aromatic heterocycles. The van der Waals surface area contributed by atoms with E-state index < -0.39 is 0 Å². The van der Waals surface area contributed by atoms with Crippen LogP contribution < -0.4 is 4.74 Å². The number of aryl methyl sites for hydroxylation is 3. The lowest BCUT2D eigenvalue weighted by Crippen LogP contribution is -2.20. The summed E-state index contributed by atoms with van der Waals surface area (Å²) in [5, 5.41) is 4.52. The second-order valence-corrected chi connectivity index (χ2v) is 8.12. The number of Topliss-reactive ketones (excluding diaryl/α,β-unsaturated/α-hetero) is 2. The quantitative estimate of drug-likeness (QED) is 0.474. The van der Waals surface area contributed by atoms with Crippen LogP contribution in [-0.4, -0.2) is 33.4 Å². The molecule has 0 radical (unpaired) electrons. The zero-order valence-electron chi connectivity index (χ0n) is 18.8. The lowest BCUT2D eigenvalue weighted by molar-refractivity contribution is -0.119. The molecule has 2 aromatic carbocycles. The van der Waals surface area contributed by atoms with Crippen molar-refractivity contribution in [1.82, 2.24) is 14.8 Å². The van der Waals surface area contributed by atoms with Gasteiger partial charge in [-0.1, -0.05) is 38.1 Å². The van der Waals surface area contributed by atoms with E-state index in [2.05, 4.69) is 10.1 Å². The number of ether oxygens (including phenoxy) is 1. The molecule has 3 aromatic rings. The number of carbonyl (C=O) groups is 2. The average Bonchev–Trinajstić information content (AvgIpc) is 3.17. The molecule has 0 aliphatic heterocycles. The summed E-state index contributed by atoms with van der Waals surface area (Å²) in [5.41, 5.74) is 4.17. The molecule has 0 atom stereocenters. The van der Waals surface area contributed by atoms with E-state index in [-0.39, 0.29) is 29.9 Å². The molecule has 0 spiro atoms. The SMILES string of the molecule is COc1cccc(CCC(=O)Cn2nc(-c3ccc(C)c(C)c3)nc2C(=O)C(C)C)c1. The number of methoxy groups -OCH3 is 1. The van der Waals surface area contributed by atoms with Gasteiger partial charge < -0.3 is 4.74 Å². The van der Waals surface area contributed by atoms with Crippen molar-refractivity contribution in [2.75, 3.05) is 7.11 Å². The van der Waals surface area contributed by atoms with Crippen LogP contribution >= 0.6 is 0 Å². The number of ketones is 2. The molecule has 0 aliphatic rings. The molecule has 6 heteroatoms. The third kappa shape index (κ3) is 5.45. The van der Waals surface area contributed by atoms with E-state index in [1.54, 1.807) is 7.11 Å². The Bertz CT molecular complexity index is 1100. The second kappa shape index (κ2) is 9.69. The minimum atomic E-state index is -0.234. The van der Waals surface area contributed by atoms with Crippen LogP contribution in [0.25, 0.3) is 11.4 Å². The van der Waals surface area contributed by atoms with Gasteiger partial charge in [-0.05, 0) is 55.2 Å². The van der Waals surface area contributed by atoms with Crippen molar-refractivity contribution in [3.63, 3.8) is 0 Å². The summed E-state index contributed by atoms with van der Waals surface area (Å²) >= 11 is 0. The fourth-order valence-corrected chi connectivity index (χ4v) is 3.25. The Kier molecular flexibility index (Phi) is 7.00. The monoisotopic (exact) mass is 419 g/mol. The van der Waals surface area contributed by atoms with E-state index in [0.29, 0.717) is 18.7 Å². The normalized spacial score (nSPS) is 11.0. The van der Waals surface area contributed by atoms with Gasteiger partial charge in [0.05, 0.1) is 7.11 Å². The zero-order valence-corrected chi connectivity index (χ0v) is 18.8. The highest BCUT2D eigenvalue weighted by Gasteiger charge is 2.22. The number of rotatable bonds is 9. The maximum absolute atomic E-state index is 12.7. The number of hydrogen-bond donors (Lipinski definition) is 0. The molecule has 0 bridgehead atoms. The van der Waals surface area contributed by atoms with Crippen LogP contribution in [0.4, 0.5) is 0 Å². The molecule has 3 rings (SSSR count). The van der Waals surface area contributed by atoms with Crippen molar-refractivity contribution in [3.8, 4) is 17.1 Å².